The van der Waals surface area contributed by atoms with Crippen LogP contribution in [0.3, 0.4) is 0 Å². The molecule has 106 valence electrons. The summed E-state index contributed by atoms with van der Waals surface area (Å²) in [5.41, 5.74) is 4.09. The topological polar surface area (TPSA) is 48.3 Å². The van der Waals surface area contributed by atoms with Crippen LogP contribution in [0.15, 0.2) is 29.4 Å². The number of carbonyl (C=O) groups is 2. The largest absolute Gasteiger partial charge is 0.389 e. The van der Waals surface area contributed by atoms with Gasteiger partial charge in [-0.3, -0.25) is 4.79 Å². The first kappa shape index (κ1) is 14.3. The summed E-state index contributed by atoms with van der Waals surface area (Å²) < 4.78 is 6.84. The minimum atomic E-state index is -0.612. The summed E-state index contributed by atoms with van der Waals surface area (Å²) in [7, 11) is 1.94. The summed E-state index contributed by atoms with van der Waals surface area (Å²) in [5, 5.41) is 0. The van der Waals surface area contributed by atoms with E-state index in [1.165, 1.54) is 0 Å². The van der Waals surface area contributed by atoms with E-state index in [0.717, 1.165) is 22.5 Å². The number of carbonyl (C=O) groups excluding carboxylic acids is 2. The molecule has 1 saturated heterocycles. The third kappa shape index (κ3) is 2.11. The molecule has 0 bridgehead atoms. The van der Waals surface area contributed by atoms with Crippen molar-refractivity contribution in [3.63, 3.8) is 0 Å². The molecule has 2 rings (SSSR count). The van der Waals surface area contributed by atoms with Gasteiger partial charge in [0, 0.05) is 18.4 Å². The van der Waals surface area contributed by atoms with E-state index < -0.39 is 17.9 Å². The Hall–Kier alpha value is -2.10. The molecule has 1 aromatic rings. The van der Waals surface area contributed by atoms with E-state index in [2.05, 4.69) is 0 Å². The highest BCUT2D eigenvalue weighted by Gasteiger charge is 2.42. The molecular formula is C16H19NO3. The highest BCUT2D eigenvalue weighted by Crippen LogP contribution is 2.37. The van der Waals surface area contributed by atoms with Crippen LogP contribution in [0.2, 0.25) is 0 Å². The van der Waals surface area contributed by atoms with Gasteiger partial charge in [-0.15, -0.1) is 0 Å². The average Bonchev–Trinajstić information content (AvgIpc) is 2.80. The molecule has 4 heteroatoms. The minimum Gasteiger partial charge on any atom is -0.389 e. The maximum atomic E-state index is 12.1. The van der Waals surface area contributed by atoms with Crippen LogP contribution in [0.1, 0.15) is 36.7 Å². The van der Waals surface area contributed by atoms with E-state index >= 15 is 0 Å². The first-order valence-electron chi connectivity index (χ1n) is 6.60. The summed E-state index contributed by atoms with van der Waals surface area (Å²) in [6, 6.07) is 1.95. The standard InChI is InChI=1S/C16H19NO3/c1-6-7-9(2)13-14(16(19)20-15(13)18)12-8-10(3)17(5)11(12)4/h6-8,14H,1-5H3/b7-6+,13-9+. The summed E-state index contributed by atoms with van der Waals surface area (Å²) in [4.78, 5) is 24.0. The van der Waals surface area contributed by atoms with E-state index in [9.17, 15) is 9.59 Å². The summed E-state index contributed by atoms with van der Waals surface area (Å²) >= 11 is 0. The average molecular weight is 273 g/mol. The van der Waals surface area contributed by atoms with Crippen molar-refractivity contribution in [2.45, 2.75) is 33.6 Å². The third-order valence-corrected chi connectivity index (χ3v) is 3.90. The lowest BCUT2D eigenvalue weighted by molar-refractivity contribution is -0.151. The molecule has 0 aliphatic carbocycles. The fraction of sp³-hybridized carbons (Fsp3) is 0.375. The second kappa shape index (κ2) is 5.12. The van der Waals surface area contributed by atoms with Crippen LogP contribution in [0.4, 0.5) is 0 Å². The number of cyclic esters (lactones) is 2. The quantitative estimate of drug-likeness (QED) is 0.473. The summed E-state index contributed by atoms with van der Waals surface area (Å²) in [6.45, 7) is 7.62. The van der Waals surface area contributed by atoms with E-state index in [1.807, 2.05) is 57.5 Å². The number of allylic oxidation sites excluding steroid dienone is 3. The number of hydrogen-bond acceptors (Lipinski definition) is 3. The highest BCUT2D eigenvalue weighted by molar-refractivity contribution is 6.11. The molecule has 1 aliphatic rings. The number of hydrogen-bond donors (Lipinski definition) is 0. The molecule has 2 heterocycles. The zero-order valence-electron chi connectivity index (χ0n) is 12.5. The van der Waals surface area contributed by atoms with Crippen molar-refractivity contribution in [1.82, 2.24) is 4.57 Å². The van der Waals surface area contributed by atoms with Crippen molar-refractivity contribution >= 4 is 11.9 Å². The molecule has 1 fully saturated rings. The van der Waals surface area contributed by atoms with Crippen molar-refractivity contribution < 1.29 is 14.3 Å². The maximum Gasteiger partial charge on any atom is 0.343 e. The molecule has 1 unspecified atom stereocenters. The molecule has 1 aliphatic heterocycles. The molecule has 0 spiro atoms. The van der Waals surface area contributed by atoms with Crippen molar-refractivity contribution in [2.24, 2.45) is 7.05 Å². The van der Waals surface area contributed by atoms with Crippen molar-refractivity contribution in [3.8, 4) is 0 Å². The third-order valence-electron chi connectivity index (χ3n) is 3.90. The van der Waals surface area contributed by atoms with Crippen LogP contribution in [0, 0.1) is 13.8 Å². The maximum absolute atomic E-state index is 12.1. The molecule has 0 amide bonds. The Morgan fingerprint density at radius 2 is 2.00 bits per heavy atom. The van der Waals surface area contributed by atoms with Gasteiger partial charge in [-0.25, -0.2) is 4.79 Å². The Bertz CT molecular complexity index is 647. The van der Waals surface area contributed by atoms with E-state index in [0.29, 0.717) is 5.57 Å². The molecule has 0 N–H and O–H groups in total. The Balaban J connectivity index is 2.63. The monoisotopic (exact) mass is 273 g/mol. The normalized spacial score (nSPS) is 21.8. The van der Waals surface area contributed by atoms with Gasteiger partial charge >= 0.3 is 11.9 Å². The second-order valence-corrected chi connectivity index (χ2v) is 5.12. The lowest BCUT2D eigenvalue weighted by Gasteiger charge is -2.09. The molecule has 0 aromatic carbocycles. The van der Waals surface area contributed by atoms with Gasteiger partial charge in [0.25, 0.3) is 0 Å². The first-order valence-corrected chi connectivity index (χ1v) is 6.60. The number of rotatable bonds is 2. The molecule has 0 saturated carbocycles. The van der Waals surface area contributed by atoms with Crippen molar-refractivity contribution in [1.29, 1.82) is 0 Å². The van der Waals surface area contributed by atoms with Crippen LogP contribution < -0.4 is 0 Å². The lowest BCUT2D eigenvalue weighted by atomic mass is 9.90. The van der Waals surface area contributed by atoms with Crippen LogP contribution >= 0.6 is 0 Å². The fourth-order valence-electron chi connectivity index (χ4n) is 2.63. The Kier molecular flexibility index (Phi) is 3.66. The Morgan fingerprint density at radius 3 is 2.50 bits per heavy atom. The number of aromatic nitrogens is 1. The minimum absolute atomic E-state index is 0.446. The van der Waals surface area contributed by atoms with E-state index in [-0.39, 0.29) is 0 Å². The number of nitrogens with zero attached hydrogens (tertiary/aromatic N) is 1. The van der Waals surface area contributed by atoms with Crippen molar-refractivity contribution in [3.05, 3.63) is 46.3 Å². The predicted octanol–water partition coefficient (Wildman–Crippen LogP) is 2.70. The second-order valence-electron chi connectivity index (χ2n) is 5.12. The van der Waals surface area contributed by atoms with Crippen LogP contribution in [0.25, 0.3) is 0 Å². The number of ether oxygens (including phenoxy) is 1. The van der Waals surface area contributed by atoms with Gasteiger partial charge in [0.15, 0.2) is 0 Å². The van der Waals surface area contributed by atoms with Gasteiger partial charge in [0.05, 0.1) is 5.57 Å². The number of esters is 2. The van der Waals surface area contributed by atoms with E-state index in [4.69, 9.17) is 4.74 Å². The summed E-state index contributed by atoms with van der Waals surface area (Å²) in [6.07, 6.45) is 3.67. The molecule has 20 heavy (non-hydrogen) atoms. The zero-order chi connectivity index (χ0) is 15.0. The Labute approximate surface area is 118 Å². The number of aryl methyl sites for hydroxylation is 1. The fourth-order valence-corrected chi connectivity index (χ4v) is 2.63. The molecule has 4 nitrogen and oxygen atoms in total. The first-order chi connectivity index (χ1) is 9.38. The SMILES string of the molecule is C/C=C/C(C)=C1/C(=O)OC(=O)C1c1cc(C)n(C)c1C. The molecular weight excluding hydrogens is 254 g/mol. The van der Waals surface area contributed by atoms with Gasteiger partial charge in [-0.1, -0.05) is 12.2 Å². The molecule has 1 aromatic heterocycles. The predicted molar refractivity (Wildman–Crippen MR) is 76.2 cm³/mol. The highest BCUT2D eigenvalue weighted by atomic mass is 16.6. The van der Waals surface area contributed by atoms with Gasteiger partial charge in [0.2, 0.25) is 0 Å². The Morgan fingerprint density at radius 1 is 1.35 bits per heavy atom. The van der Waals surface area contributed by atoms with Crippen molar-refractivity contribution in [2.75, 3.05) is 0 Å². The molecule has 1 atom stereocenters. The van der Waals surface area contributed by atoms with Gasteiger partial charge in [-0.05, 0) is 44.9 Å². The lowest BCUT2D eigenvalue weighted by Crippen LogP contribution is -2.09. The zero-order valence-corrected chi connectivity index (χ0v) is 12.5. The van der Waals surface area contributed by atoms with Gasteiger partial charge in [-0.2, -0.15) is 0 Å². The van der Waals surface area contributed by atoms with E-state index in [1.54, 1.807) is 0 Å². The van der Waals surface area contributed by atoms with Gasteiger partial charge < -0.3 is 9.30 Å². The van der Waals surface area contributed by atoms with Crippen LogP contribution in [0.5, 0.6) is 0 Å². The van der Waals surface area contributed by atoms with Crippen LogP contribution in [-0.4, -0.2) is 16.5 Å². The smallest absolute Gasteiger partial charge is 0.343 e. The van der Waals surface area contributed by atoms with Gasteiger partial charge in [0.1, 0.15) is 5.92 Å². The summed E-state index contributed by atoms with van der Waals surface area (Å²) in [5.74, 6) is -1.63. The molecule has 0 radical (unpaired) electrons. The van der Waals surface area contributed by atoms with Crippen LogP contribution in [-0.2, 0) is 21.4 Å².